The molecule has 0 atom stereocenters. The van der Waals surface area contributed by atoms with Crippen LogP contribution in [0.25, 0.3) is 0 Å². The second kappa shape index (κ2) is 27.8. The molecule has 0 spiro atoms. The van der Waals surface area contributed by atoms with Gasteiger partial charge in [-0.1, -0.05) is 20.3 Å². The van der Waals surface area contributed by atoms with Crippen LogP contribution >= 0.6 is 0 Å². The molecule has 0 rings (SSSR count). The highest BCUT2D eigenvalue weighted by Gasteiger charge is 2.11. The Labute approximate surface area is 208 Å². The number of terminal acetylenes is 1. The second-order valence-electron chi connectivity index (χ2n) is 6.99. The summed E-state index contributed by atoms with van der Waals surface area (Å²) in [6, 6.07) is 1.75. The van der Waals surface area contributed by atoms with E-state index in [0.29, 0.717) is 65.7 Å². The normalized spacial score (nSPS) is 10.2. The molecule has 0 saturated carbocycles. The van der Waals surface area contributed by atoms with E-state index in [1.54, 1.807) is 35.0 Å². The van der Waals surface area contributed by atoms with Crippen molar-refractivity contribution >= 4 is 17.9 Å². The number of carbonyl (C=O) groups is 3. The van der Waals surface area contributed by atoms with Crippen molar-refractivity contribution in [1.82, 2.24) is 14.7 Å². The lowest BCUT2D eigenvalue weighted by atomic mass is 10.4. The molecule has 0 aromatic rings. The Kier molecular flexibility index (Phi) is 29.4. The van der Waals surface area contributed by atoms with Crippen LogP contribution in [-0.4, -0.2) is 147 Å². The highest BCUT2D eigenvalue weighted by molar-refractivity contribution is 5.69. The van der Waals surface area contributed by atoms with Gasteiger partial charge >= 0.3 is 17.9 Å². The van der Waals surface area contributed by atoms with E-state index in [2.05, 4.69) is 16.9 Å². The molecule has 0 amide bonds. The summed E-state index contributed by atoms with van der Waals surface area (Å²) >= 11 is 0. The summed E-state index contributed by atoms with van der Waals surface area (Å²) in [5, 5.41) is 26.6. The maximum absolute atomic E-state index is 11.0. The van der Waals surface area contributed by atoms with Gasteiger partial charge in [0.2, 0.25) is 0 Å². The summed E-state index contributed by atoms with van der Waals surface area (Å²) < 4.78 is 15.2. The van der Waals surface area contributed by atoms with E-state index in [9.17, 15) is 14.4 Å². The molecule has 0 fully saturated rings. The van der Waals surface area contributed by atoms with Crippen LogP contribution in [0, 0.1) is 12.5 Å². The average molecular weight is 509 g/mol. The number of rotatable bonds is 20. The van der Waals surface area contributed by atoms with Gasteiger partial charge in [0.15, 0.2) is 0 Å². The van der Waals surface area contributed by atoms with E-state index in [1.165, 1.54) is 0 Å². The van der Waals surface area contributed by atoms with Crippen molar-refractivity contribution in [2.45, 2.75) is 13.8 Å². The van der Waals surface area contributed by atoms with Gasteiger partial charge in [0, 0.05) is 40.4 Å². The third-order valence-electron chi connectivity index (χ3n) is 4.18. The number of hydrogen-bond donors (Lipinski definition) is 4. The topological polar surface area (TPSA) is 175 Å². The third kappa shape index (κ3) is 31.5. The molecule has 0 saturated heterocycles. The first-order chi connectivity index (χ1) is 16.6. The molecular weight excluding hydrogens is 464 g/mol. The standard InChI is InChI=1S/C18H35N3O8.C2H3N.C2H6O/c1-3-19(13-16(22)23)5-9-28-11-7-21(15-18(26)27)8-12-29-10-6-20(4-2)14-17(24)25;1-2-3;1-3-2/h3-15H2,1-2H3,(H,22,23)(H,24,25)(H,26,27);1H,3H2;1-2H3. The summed E-state index contributed by atoms with van der Waals surface area (Å²) in [6.07, 6.45) is 4.38. The van der Waals surface area contributed by atoms with E-state index < -0.39 is 17.9 Å². The Morgan fingerprint density at radius 1 is 0.714 bits per heavy atom. The van der Waals surface area contributed by atoms with Gasteiger partial charge in [0.1, 0.15) is 0 Å². The first kappa shape index (κ1) is 37.1. The van der Waals surface area contributed by atoms with E-state index in [-0.39, 0.29) is 19.6 Å². The molecule has 0 aromatic heterocycles. The van der Waals surface area contributed by atoms with Crippen LogP contribution in [0.15, 0.2) is 0 Å². The SMILES string of the molecule is C#CN.CCN(CCOCCN(CCOCCN(CC)CC(=O)O)CC(=O)O)CC(=O)O.COC. The van der Waals surface area contributed by atoms with Gasteiger partial charge in [-0.05, 0) is 19.1 Å². The molecule has 0 bridgehead atoms. The summed E-state index contributed by atoms with van der Waals surface area (Å²) in [6.45, 7) is 8.00. The molecule has 0 aromatic carbocycles. The zero-order chi connectivity index (χ0) is 27.5. The van der Waals surface area contributed by atoms with Crippen LogP contribution < -0.4 is 5.73 Å². The van der Waals surface area contributed by atoms with E-state index in [1.807, 2.05) is 13.8 Å². The number of nitrogens with two attached hydrogens (primary N) is 1. The predicted molar refractivity (Wildman–Crippen MR) is 131 cm³/mol. The lowest BCUT2D eigenvalue weighted by Gasteiger charge is -2.22. The summed E-state index contributed by atoms with van der Waals surface area (Å²) in [5.74, 6) is -2.71. The van der Waals surface area contributed by atoms with Gasteiger partial charge in [0.05, 0.1) is 46.1 Å². The quantitative estimate of drug-likeness (QED) is 0.0897. The predicted octanol–water partition coefficient (Wildman–Crippen LogP) is -0.982. The Balaban J connectivity index is -0.00000153. The minimum absolute atomic E-state index is 0.0374. The first-order valence-corrected chi connectivity index (χ1v) is 11.2. The van der Waals surface area contributed by atoms with Crippen LogP contribution in [0.5, 0.6) is 0 Å². The van der Waals surface area contributed by atoms with Gasteiger partial charge in [-0.25, -0.2) is 0 Å². The van der Waals surface area contributed by atoms with Crippen molar-refractivity contribution in [2.24, 2.45) is 5.73 Å². The number of likely N-dealkylation sites (N-methyl/N-ethyl adjacent to an activating group) is 2. The van der Waals surface area contributed by atoms with E-state index in [0.717, 1.165) is 0 Å². The van der Waals surface area contributed by atoms with Crippen molar-refractivity contribution in [3.8, 4) is 12.5 Å². The van der Waals surface area contributed by atoms with Gasteiger partial charge in [-0.15, -0.1) is 0 Å². The fraction of sp³-hybridized carbons (Fsp3) is 0.773. The molecule has 206 valence electrons. The largest absolute Gasteiger partial charge is 0.480 e. The van der Waals surface area contributed by atoms with E-state index >= 15 is 0 Å². The molecule has 0 aliphatic carbocycles. The van der Waals surface area contributed by atoms with Crippen molar-refractivity contribution < 1.29 is 43.9 Å². The second-order valence-corrected chi connectivity index (χ2v) is 6.99. The molecule has 35 heavy (non-hydrogen) atoms. The Morgan fingerprint density at radius 2 is 0.943 bits per heavy atom. The molecule has 0 aliphatic heterocycles. The molecule has 13 nitrogen and oxygen atoms in total. The summed E-state index contributed by atoms with van der Waals surface area (Å²) in [4.78, 5) is 37.6. The lowest BCUT2D eigenvalue weighted by molar-refractivity contribution is -0.139. The van der Waals surface area contributed by atoms with Crippen LogP contribution in [0.4, 0.5) is 0 Å². The number of methoxy groups -OCH3 is 1. The number of carboxylic acid groups (broad SMARTS) is 3. The molecule has 0 radical (unpaired) electrons. The molecule has 0 heterocycles. The fourth-order valence-corrected chi connectivity index (χ4v) is 2.52. The molecule has 0 unspecified atom stereocenters. The average Bonchev–Trinajstić information content (AvgIpc) is 2.76. The van der Waals surface area contributed by atoms with Crippen LogP contribution in [0.3, 0.4) is 0 Å². The highest BCUT2D eigenvalue weighted by Crippen LogP contribution is 1.94. The van der Waals surface area contributed by atoms with Crippen molar-refractivity contribution in [3.63, 3.8) is 0 Å². The number of nitrogens with zero attached hydrogens (tertiary/aromatic N) is 3. The zero-order valence-electron chi connectivity index (χ0n) is 21.5. The zero-order valence-corrected chi connectivity index (χ0v) is 21.5. The van der Waals surface area contributed by atoms with Crippen molar-refractivity contribution in [3.05, 3.63) is 0 Å². The van der Waals surface area contributed by atoms with Crippen LogP contribution in [-0.2, 0) is 28.6 Å². The smallest absolute Gasteiger partial charge is 0.317 e. The van der Waals surface area contributed by atoms with Crippen molar-refractivity contribution in [2.75, 3.05) is 99.5 Å². The number of hydrogen-bond acceptors (Lipinski definition) is 10. The number of carboxylic acids is 3. The Bertz CT molecular complexity index is 540. The van der Waals surface area contributed by atoms with Crippen molar-refractivity contribution in [1.29, 1.82) is 0 Å². The minimum Gasteiger partial charge on any atom is -0.480 e. The molecule has 0 aliphatic rings. The monoisotopic (exact) mass is 508 g/mol. The van der Waals surface area contributed by atoms with Crippen LogP contribution in [0.2, 0.25) is 0 Å². The fourth-order valence-electron chi connectivity index (χ4n) is 2.52. The van der Waals surface area contributed by atoms with E-state index in [4.69, 9.17) is 24.8 Å². The maximum atomic E-state index is 11.0. The maximum Gasteiger partial charge on any atom is 0.317 e. The van der Waals surface area contributed by atoms with Gasteiger partial charge in [-0.3, -0.25) is 29.1 Å². The van der Waals surface area contributed by atoms with Gasteiger partial charge < -0.3 is 35.3 Å². The molecular formula is C22H44N4O9. The summed E-state index contributed by atoms with van der Waals surface area (Å²) in [7, 11) is 3.25. The first-order valence-electron chi connectivity index (χ1n) is 11.2. The lowest BCUT2D eigenvalue weighted by Crippen LogP contribution is -2.37. The van der Waals surface area contributed by atoms with Gasteiger partial charge in [-0.2, -0.15) is 0 Å². The number of ether oxygens (including phenoxy) is 3. The Morgan fingerprint density at radius 3 is 1.17 bits per heavy atom. The molecule has 13 heteroatoms. The van der Waals surface area contributed by atoms with Gasteiger partial charge in [0.25, 0.3) is 0 Å². The third-order valence-corrected chi connectivity index (χ3v) is 4.18. The minimum atomic E-state index is -0.942. The summed E-state index contributed by atoms with van der Waals surface area (Å²) in [5.41, 5.74) is 4.38. The Hall–Kier alpha value is -2.47. The van der Waals surface area contributed by atoms with Crippen LogP contribution in [0.1, 0.15) is 13.8 Å². The highest BCUT2D eigenvalue weighted by atomic mass is 16.5. The number of aliphatic carboxylic acids is 3. The molecule has 5 N–H and O–H groups in total.